The lowest BCUT2D eigenvalue weighted by Crippen LogP contribution is -2.13. The maximum Gasteiger partial charge on any atom is 0.264 e. The van der Waals surface area contributed by atoms with E-state index in [0.717, 1.165) is 33.0 Å². The maximum atomic E-state index is 13.9. The fourth-order valence-electron chi connectivity index (χ4n) is 6.33. The van der Waals surface area contributed by atoms with Gasteiger partial charge in [0, 0.05) is 55.4 Å². The number of sulfonamides is 1. The number of aromatic nitrogens is 9. The normalized spacial score (nSPS) is 12.2. The van der Waals surface area contributed by atoms with Gasteiger partial charge in [0.15, 0.2) is 28.4 Å². The van der Waals surface area contributed by atoms with Crippen LogP contribution in [0.5, 0.6) is 0 Å². The first-order valence-electron chi connectivity index (χ1n) is 15.2. The molecule has 0 fully saturated rings. The number of hydrogen-bond acceptors (Lipinski definition) is 10. The van der Waals surface area contributed by atoms with Crippen molar-refractivity contribution in [2.24, 2.45) is 0 Å². The highest BCUT2D eigenvalue weighted by Crippen LogP contribution is 2.38. The van der Waals surface area contributed by atoms with Crippen molar-refractivity contribution < 1.29 is 8.42 Å². The number of hydrogen-bond donors (Lipinski definition) is 3. The van der Waals surface area contributed by atoms with Crippen molar-refractivity contribution in [1.29, 1.82) is 0 Å². The van der Waals surface area contributed by atoms with Crippen LogP contribution in [0.2, 0.25) is 0 Å². The molecule has 234 valence electrons. The van der Waals surface area contributed by atoms with Crippen LogP contribution in [0.1, 0.15) is 0 Å². The molecule has 10 rings (SSSR count). The van der Waals surface area contributed by atoms with E-state index >= 15 is 0 Å². The molecule has 3 N–H and O–H groups in total. The predicted octanol–water partition coefficient (Wildman–Crippen LogP) is 7.13. The monoisotopic (exact) mass is 676 g/mol. The Hall–Kier alpha value is -6.38. The number of thiazole rings is 1. The number of nitrogens with zero attached hydrogens (tertiary/aromatic N) is 7. The summed E-state index contributed by atoms with van der Waals surface area (Å²) in [7, 11) is -4.10. The Balaban J connectivity index is 1.38. The summed E-state index contributed by atoms with van der Waals surface area (Å²) in [6.07, 6.45) is 1.54. The number of H-pyrrole nitrogens is 2. The zero-order chi connectivity index (χ0) is 32.7. The van der Waals surface area contributed by atoms with Gasteiger partial charge in [-0.3, -0.25) is 4.72 Å². The number of nitrogens with one attached hydrogen (secondary N) is 3. The number of benzene rings is 4. The molecule has 4 aromatic carbocycles. The summed E-state index contributed by atoms with van der Waals surface area (Å²) in [6, 6.07) is 28.3. The van der Waals surface area contributed by atoms with Gasteiger partial charge >= 0.3 is 0 Å². The average molecular weight is 677 g/mol. The molecule has 2 aliphatic rings. The minimum absolute atomic E-state index is 0.0106. The van der Waals surface area contributed by atoms with Gasteiger partial charge in [0.1, 0.15) is 22.6 Å². The molecule has 0 amide bonds. The van der Waals surface area contributed by atoms with E-state index in [-0.39, 0.29) is 15.7 Å². The largest absolute Gasteiger partial charge is 0.324 e. The first-order valence-corrected chi connectivity index (χ1v) is 17.5. The highest BCUT2D eigenvalue weighted by atomic mass is 32.2. The van der Waals surface area contributed by atoms with Crippen molar-refractivity contribution in [3.05, 3.63) is 103 Å². The van der Waals surface area contributed by atoms with Gasteiger partial charge < -0.3 is 9.97 Å². The number of aromatic amines is 2. The fourth-order valence-corrected chi connectivity index (χ4v) is 8.35. The van der Waals surface area contributed by atoms with Crippen LogP contribution in [0.15, 0.2) is 107 Å². The molecular weight excluding hydrogens is 657 g/mol. The number of anilines is 1. The van der Waals surface area contributed by atoms with E-state index in [0.29, 0.717) is 51.0 Å². The SMILES string of the molecule is O=S(=O)(Nc1nccs1)c1cccc2c3nc4nc(nc5[nH]c(nc6nc(nc([nH]3)c12)-c1ccccc1-6)c1ccccc51)-c1ccccc1-4. The van der Waals surface area contributed by atoms with E-state index in [9.17, 15) is 8.42 Å². The van der Waals surface area contributed by atoms with E-state index in [4.69, 9.17) is 29.9 Å². The minimum atomic E-state index is -4.10. The molecule has 6 heterocycles. The van der Waals surface area contributed by atoms with E-state index in [1.165, 1.54) is 23.6 Å². The summed E-state index contributed by atoms with van der Waals surface area (Å²) in [5, 5.41) is 4.60. The second kappa shape index (κ2) is 10.3. The molecule has 0 saturated carbocycles. The Morgan fingerprint density at radius 3 is 1.53 bits per heavy atom. The third-order valence-corrected chi connectivity index (χ3v) is 10.7. The second-order valence-corrected chi connectivity index (χ2v) is 13.9. The molecule has 12 nitrogen and oxygen atoms in total. The molecule has 0 saturated heterocycles. The molecule has 8 bridgehead atoms. The smallest absolute Gasteiger partial charge is 0.264 e. The Labute approximate surface area is 280 Å². The lowest BCUT2D eigenvalue weighted by atomic mass is 10.1. The van der Waals surface area contributed by atoms with Crippen molar-refractivity contribution in [3.63, 3.8) is 0 Å². The molecular formula is C35H20N10O2S2. The lowest BCUT2D eigenvalue weighted by molar-refractivity contribution is 0.602. The summed E-state index contributed by atoms with van der Waals surface area (Å²) in [5.74, 6) is 1.73. The van der Waals surface area contributed by atoms with E-state index in [1.54, 1.807) is 17.5 Å². The highest BCUT2D eigenvalue weighted by molar-refractivity contribution is 7.93. The van der Waals surface area contributed by atoms with Gasteiger partial charge in [-0.1, -0.05) is 84.9 Å². The van der Waals surface area contributed by atoms with Gasteiger partial charge in [-0.25, -0.2) is 43.3 Å². The van der Waals surface area contributed by atoms with Crippen LogP contribution >= 0.6 is 11.3 Å². The van der Waals surface area contributed by atoms with E-state index in [2.05, 4.69) is 19.7 Å². The zero-order valence-corrected chi connectivity index (χ0v) is 26.7. The number of fused-ring (bicyclic) bond motifs is 20. The van der Waals surface area contributed by atoms with Crippen LogP contribution in [0.3, 0.4) is 0 Å². The van der Waals surface area contributed by atoms with Gasteiger partial charge in [-0.2, -0.15) is 0 Å². The molecule has 8 aromatic rings. The average Bonchev–Trinajstić information content (AvgIpc) is 3.95. The van der Waals surface area contributed by atoms with E-state index < -0.39 is 10.0 Å². The van der Waals surface area contributed by atoms with Gasteiger partial charge in [0.2, 0.25) is 0 Å². The van der Waals surface area contributed by atoms with E-state index in [1.807, 2.05) is 72.8 Å². The van der Waals surface area contributed by atoms with Gasteiger partial charge in [-0.15, -0.1) is 11.3 Å². The maximum absolute atomic E-state index is 13.9. The van der Waals surface area contributed by atoms with Crippen LogP contribution < -0.4 is 4.72 Å². The van der Waals surface area contributed by atoms with Crippen LogP contribution in [-0.4, -0.2) is 53.3 Å². The third kappa shape index (κ3) is 4.35. The Morgan fingerprint density at radius 2 is 1.00 bits per heavy atom. The second-order valence-electron chi connectivity index (χ2n) is 11.4. The standard InChI is InChI=1S/C35H20N10O2S2/c46-49(47,45-35-36-16-17-48-35)25-15-7-14-24-26(25)34-43-32-23-13-6-5-12-22(23)30(41-32)39-28-19-9-2-1-8-18(19)27(37-28)38-29-20-10-3-4-11-21(20)31(40-29)42-33(24)44-34/h1-17H,(H,36,45)(H2,37,38,39,40,41,42,43,44). The molecule has 0 aliphatic carbocycles. The molecule has 0 spiro atoms. The van der Waals surface area contributed by atoms with Crippen LogP contribution in [0, 0.1) is 0 Å². The van der Waals surface area contributed by atoms with Gasteiger partial charge in [0.05, 0.1) is 4.90 Å². The van der Waals surface area contributed by atoms with Crippen molar-refractivity contribution in [3.8, 4) is 45.6 Å². The molecule has 14 heteroatoms. The zero-order valence-electron chi connectivity index (χ0n) is 25.1. The first kappa shape index (κ1) is 27.7. The number of rotatable bonds is 3. The summed E-state index contributed by atoms with van der Waals surface area (Å²) >= 11 is 1.19. The van der Waals surface area contributed by atoms with Crippen molar-refractivity contribution >= 4 is 70.6 Å². The Morgan fingerprint density at radius 1 is 0.531 bits per heavy atom. The van der Waals surface area contributed by atoms with Crippen molar-refractivity contribution in [1.82, 2.24) is 44.9 Å². The predicted molar refractivity (Wildman–Crippen MR) is 189 cm³/mol. The minimum Gasteiger partial charge on any atom is -0.324 e. The third-order valence-electron chi connectivity index (χ3n) is 8.48. The Bertz CT molecular complexity index is 2950. The first-order chi connectivity index (χ1) is 24.0. The summed E-state index contributed by atoms with van der Waals surface area (Å²) in [6.45, 7) is 0. The quantitative estimate of drug-likeness (QED) is 0.176. The summed E-state index contributed by atoms with van der Waals surface area (Å²) in [4.78, 5) is 40.6. The molecule has 0 unspecified atom stereocenters. The highest BCUT2D eigenvalue weighted by Gasteiger charge is 2.25. The van der Waals surface area contributed by atoms with Gasteiger partial charge in [0.25, 0.3) is 10.0 Å². The summed E-state index contributed by atoms with van der Waals surface area (Å²) < 4.78 is 30.4. The molecule has 4 aromatic heterocycles. The van der Waals surface area contributed by atoms with Crippen LogP contribution in [-0.2, 0) is 10.0 Å². The lowest BCUT2D eigenvalue weighted by Gasteiger charge is -2.06. The molecule has 2 aliphatic heterocycles. The van der Waals surface area contributed by atoms with Crippen molar-refractivity contribution in [2.75, 3.05) is 4.72 Å². The topological polar surface area (TPSA) is 168 Å². The molecule has 0 radical (unpaired) electrons. The van der Waals surface area contributed by atoms with Crippen LogP contribution in [0.25, 0.3) is 89.7 Å². The summed E-state index contributed by atoms with van der Waals surface area (Å²) in [5.41, 5.74) is 4.98. The fraction of sp³-hybridized carbons (Fsp3) is 0. The van der Waals surface area contributed by atoms with Gasteiger partial charge in [-0.05, 0) is 6.07 Å². The Kier molecular flexibility index (Phi) is 5.83. The molecule has 0 atom stereocenters. The molecule has 49 heavy (non-hydrogen) atoms. The van der Waals surface area contributed by atoms with Crippen molar-refractivity contribution in [2.45, 2.75) is 4.90 Å². The van der Waals surface area contributed by atoms with Crippen LogP contribution in [0.4, 0.5) is 5.13 Å².